The zero-order valence-electron chi connectivity index (χ0n) is 12.5. The van der Waals surface area contributed by atoms with Crippen molar-refractivity contribution in [1.29, 1.82) is 0 Å². The Kier molecular flexibility index (Phi) is 4.69. The van der Waals surface area contributed by atoms with Crippen LogP contribution < -0.4 is 0 Å². The molecule has 2 aliphatic heterocycles. The van der Waals surface area contributed by atoms with Crippen LogP contribution in [0.5, 0.6) is 0 Å². The number of pyridine rings is 1. The smallest absolute Gasteiger partial charge is 0.225 e. The molecule has 2 aliphatic rings. The van der Waals surface area contributed by atoms with E-state index in [1.807, 2.05) is 12.1 Å². The van der Waals surface area contributed by atoms with Gasteiger partial charge in [-0.25, -0.2) is 0 Å². The summed E-state index contributed by atoms with van der Waals surface area (Å²) in [7, 11) is 0. The number of nitrogens with zero attached hydrogens (tertiary/aromatic N) is 2. The van der Waals surface area contributed by atoms with E-state index in [9.17, 15) is 9.18 Å². The third-order valence-electron chi connectivity index (χ3n) is 4.52. The first kappa shape index (κ1) is 15.4. The average Bonchev–Trinajstić information content (AvgIpc) is 2.91. The summed E-state index contributed by atoms with van der Waals surface area (Å²) in [6.45, 7) is 2.41. The van der Waals surface area contributed by atoms with Gasteiger partial charge in [-0.2, -0.15) is 0 Å². The van der Waals surface area contributed by atoms with Gasteiger partial charge in [0.2, 0.25) is 5.91 Å². The van der Waals surface area contributed by atoms with E-state index in [-0.39, 0.29) is 17.9 Å². The number of amides is 1. The zero-order chi connectivity index (χ0) is 15.4. The molecule has 1 aromatic rings. The van der Waals surface area contributed by atoms with E-state index in [0.29, 0.717) is 38.8 Å². The number of likely N-dealkylation sites (tertiary alicyclic amines) is 1. The molecule has 1 aromatic heterocycles. The Labute approximate surface area is 129 Å². The molecule has 0 saturated carbocycles. The van der Waals surface area contributed by atoms with Crippen LogP contribution in [0.25, 0.3) is 0 Å². The molecule has 0 bridgehead atoms. The molecule has 0 aliphatic carbocycles. The van der Waals surface area contributed by atoms with Crippen LogP contribution >= 0.6 is 0 Å². The van der Waals surface area contributed by atoms with Crippen molar-refractivity contribution in [2.45, 2.75) is 25.0 Å². The number of alkyl halides is 1. The molecular weight excluding hydrogens is 287 g/mol. The van der Waals surface area contributed by atoms with Gasteiger partial charge < -0.3 is 14.4 Å². The molecule has 5 nitrogen and oxygen atoms in total. The lowest BCUT2D eigenvalue weighted by Gasteiger charge is -2.50. The lowest BCUT2D eigenvalue weighted by Crippen LogP contribution is -2.66. The lowest BCUT2D eigenvalue weighted by atomic mass is 9.81. The molecule has 1 amide bonds. The molecular formula is C16H21FN2O3. The Balaban J connectivity index is 1.47. The maximum Gasteiger partial charge on any atom is 0.225 e. The van der Waals surface area contributed by atoms with Gasteiger partial charge in [0.25, 0.3) is 0 Å². The quantitative estimate of drug-likeness (QED) is 0.800. The maximum atomic E-state index is 12.2. The largest absolute Gasteiger partial charge is 0.376 e. The number of hydrogen-bond acceptors (Lipinski definition) is 4. The van der Waals surface area contributed by atoms with Gasteiger partial charge in [-0.1, -0.05) is 0 Å². The zero-order valence-corrected chi connectivity index (χ0v) is 12.5. The first-order chi connectivity index (χ1) is 10.7. The summed E-state index contributed by atoms with van der Waals surface area (Å²) in [6.07, 6.45) is 4.42. The molecule has 2 fully saturated rings. The summed E-state index contributed by atoms with van der Waals surface area (Å²) >= 11 is 0. The van der Waals surface area contributed by atoms with Crippen LogP contribution in [0.15, 0.2) is 24.5 Å². The molecule has 1 atom stereocenters. The van der Waals surface area contributed by atoms with Crippen LogP contribution in [0.4, 0.5) is 4.39 Å². The standard InChI is InChI=1S/C16H21FN2O3/c17-5-1-15(20)19-11-16(12-19)14(4-8-22-16)10-21-9-13-2-6-18-7-3-13/h2-3,6-7,14H,1,4-5,8-12H2. The van der Waals surface area contributed by atoms with Gasteiger partial charge in [-0.15, -0.1) is 0 Å². The number of ether oxygens (including phenoxy) is 2. The summed E-state index contributed by atoms with van der Waals surface area (Å²) in [5.74, 6) is 0.170. The number of halogens is 1. The number of hydrogen-bond donors (Lipinski definition) is 0. The molecule has 3 heterocycles. The summed E-state index contributed by atoms with van der Waals surface area (Å²) in [5, 5.41) is 0. The van der Waals surface area contributed by atoms with Crippen molar-refractivity contribution in [2.75, 3.05) is 33.0 Å². The number of carbonyl (C=O) groups is 1. The molecule has 120 valence electrons. The minimum absolute atomic E-state index is 0.0285. The minimum Gasteiger partial charge on any atom is -0.376 e. The fourth-order valence-electron chi connectivity index (χ4n) is 3.18. The van der Waals surface area contributed by atoms with Crippen LogP contribution in [0.2, 0.25) is 0 Å². The first-order valence-corrected chi connectivity index (χ1v) is 7.68. The molecule has 0 aromatic carbocycles. The van der Waals surface area contributed by atoms with Gasteiger partial charge in [0, 0.05) is 24.9 Å². The highest BCUT2D eigenvalue weighted by Gasteiger charge is 2.54. The van der Waals surface area contributed by atoms with Gasteiger partial charge in [-0.3, -0.25) is 14.2 Å². The van der Waals surface area contributed by atoms with Crippen LogP contribution in [0.1, 0.15) is 18.4 Å². The average molecular weight is 308 g/mol. The van der Waals surface area contributed by atoms with Crippen molar-refractivity contribution in [3.63, 3.8) is 0 Å². The normalized spacial score (nSPS) is 22.8. The maximum absolute atomic E-state index is 12.2. The third kappa shape index (κ3) is 3.13. The fraction of sp³-hybridized carbons (Fsp3) is 0.625. The highest BCUT2D eigenvalue weighted by atomic mass is 19.1. The van der Waals surface area contributed by atoms with Crippen molar-refractivity contribution < 1.29 is 18.7 Å². The molecule has 3 rings (SSSR count). The molecule has 2 saturated heterocycles. The highest BCUT2D eigenvalue weighted by molar-refractivity contribution is 5.77. The molecule has 1 unspecified atom stereocenters. The monoisotopic (exact) mass is 308 g/mol. The van der Waals surface area contributed by atoms with Crippen LogP contribution in [-0.4, -0.2) is 54.4 Å². The Morgan fingerprint density at radius 3 is 2.95 bits per heavy atom. The van der Waals surface area contributed by atoms with Crippen LogP contribution in [-0.2, 0) is 20.9 Å². The molecule has 6 heteroatoms. The van der Waals surface area contributed by atoms with Crippen molar-refractivity contribution in [1.82, 2.24) is 9.88 Å². The summed E-state index contributed by atoms with van der Waals surface area (Å²) < 4.78 is 23.9. The van der Waals surface area contributed by atoms with Crippen molar-refractivity contribution >= 4 is 5.91 Å². The Morgan fingerprint density at radius 1 is 1.45 bits per heavy atom. The summed E-state index contributed by atoms with van der Waals surface area (Å²) in [6, 6.07) is 3.86. The molecule has 0 N–H and O–H groups in total. The number of aromatic nitrogens is 1. The second-order valence-corrected chi connectivity index (χ2v) is 5.96. The number of rotatable bonds is 6. The van der Waals surface area contributed by atoms with Gasteiger partial charge in [-0.05, 0) is 24.1 Å². The van der Waals surface area contributed by atoms with E-state index < -0.39 is 6.67 Å². The topological polar surface area (TPSA) is 51.7 Å². The minimum atomic E-state index is -0.596. The van der Waals surface area contributed by atoms with Gasteiger partial charge in [0.1, 0.15) is 5.60 Å². The second-order valence-electron chi connectivity index (χ2n) is 5.96. The Morgan fingerprint density at radius 2 is 2.23 bits per heavy atom. The highest BCUT2D eigenvalue weighted by Crippen LogP contribution is 2.40. The van der Waals surface area contributed by atoms with E-state index in [1.54, 1.807) is 17.3 Å². The Bertz CT molecular complexity index is 505. The predicted molar refractivity (Wildman–Crippen MR) is 77.9 cm³/mol. The predicted octanol–water partition coefficient (Wildman–Crippen LogP) is 1.58. The van der Waals surface area contributed by atoms with Crippen LogP contribution in [0.3, 0.4) is 0 Å². The van der Waals surface area contributed by atoms with Crippen molar-refractivity contribution in [3.05, 3.63) is 30.1 Å². The lowest BCUT2D eigenvalue weighted by molar-refractivity contribution is -0.169. The first-order valence-electron chi connectivity index (χ1n) is 7.68. The van der Waals surface area contributed by atoms with Gasteiger partial charge >= 0.3 is 0 Å². The molecule has 22 heavy (non-hydrogen) atoms. The van der Waals surface area contributed by atoms with E-state index in [2.05, 4.69) is 4.98 Å². The Hall–Kier alpha value is -1.53. The molecule has 0 radical (unpaired) electrons. The summed E-state index contributed by atoms with van der Waals surface area (Å²) in [4.78, 5) is 17.3. The van der Waals surface area contributed by atoms with E-state index in [4.69, 9.17) is 9.47 Å². The van der Waals surface area contributed by atoms with Crippen LogP contribution in [0, 0.1) is 5.92 Å². The van der Waals surface area contributed by atoms with Crippen molar-refractivity contribution in [3.8, 4) is 0 Å². The SMILES string of the molecule is O=C(CCF)N1CC2(C1)OCCC2COCc1ccncc1. The van der Waals surface area contributed by atoms with Crippen molar-refractivity contribution in [2.24, 2.45) is 5.92 Å². The van der Waals surface area contributed by atoms with E-state index in [0.717, 1.165) is 12.0 Å². The van der Waals surface area contributed by atoms with E-state index >= 15 is 0 Å². The second kappa shape index (κ2) is 6.71. The number of carbonyl (C=O) groups excluding carboxylic acids is 1. The molecule has 1 spiro atoms. The third-order valence-corrected chi connectivity index (χ3v) is 4.52. The fourth-order valence-corrected chi connectivity index (χ4v) is 3.18. The van der Waals surface area contributed by atoms with E-state index in [1.165, 1.54) is 0 Å². The summed E-state index contributed by atoms with van der Waals surface area (Å²) in [5.41, 5.74) is 0.820. The van der Waals surface area contributed by atoms with Gasteiger partial charge in [0.05, 0.1) is 39.4 Å². The van der Waals surface area contributed by atoms with Gasteiger partial charge in [0.15, 0.2) is 0 Å².